The van der Waals surface area contributed by atoms with Crippen LogP contribution in [-0.4, -0.2) is 40.1 Å². The minimum absolute atomic E-state index is 0.177. The summed E-state index contributed by atoms with van der Waals surface area (Å²) in [5.41, 5.74) is 2.37. The van der Waals surface area contributed by atoms with Crippen molar-refractivity contribution in [1.29, 1.82) is 0 Å². The molecular formula is C16H30N4O. The van der Waals surface area contributed by atoms with Crippen molar-refractivity contribution in [3.05, 3.63) is 11.3 Å². The average Bonchev–Trinajstić information content (AvgIpc) is 3.23. The van der Waals surface area contributed by atoms with Gasteiger partial charge in [-0.3, -0.25) is 4.68 Å². The molecule has 1 fully saturated rings. The van der Waals surface area contributed by atoms with Crippen molar-refractivity contribution >= 4 is 5.82 Å². The van der Waals surface area contributed by atoms with Crippen LogP contribution in [0.3, 0.4) is 0 Å². The number of anilines is 1. The van der Waals surface area contributed by atoms with Crippen molar-refractivity contribution in [1.82, 2.24) is 15.1 Å². The number of aliphatic hydroxyl groups is 1. The van der Waals surface area contributed by atoms with Crippen molar-refractivity contribution in [2.45, 2.75) is 65.1 Å². The topological polar surface area (TPSA) is 53.3 Å². The SMILES string of the molecule is CCC(CC)N(CCO)c1c(CNC2CC2)c(C)nn1C. The van der Waals surface area contributed by atoms with Crippen molar-refractivity contribution < 1.29 is 5.11 Å². The van der Waals surface area contributed by atoms with Crippen LogP contribution in [0.5, 0.6) is 0 Å². The second-order valence-corrected chi connectivity index (χ2v) is 6.05. The van der Waals surface area contributed by atoms with E-state index in [9.17, 15) is 5.11 Å². The Morgan fingerprint density at radius 3 is 2.57 bits per heavy atom. The van der Waals surface area contributed by atoms with Crippen LogP contribution in [0.1, 0.15) is 50.8 Å². The lowest BCUT2D eigenvalue weighted by Gasteiger charge is -2.33. The molecule has 120 valence electrons. The monoisotopic (exact) mass is 294 g/mol. The van der Waals surface area contributed by atoms with Crippen LogP contribution in [0.4, 0.5) is 5.82 Å². The number of aryl methyl sites for hydroxylation is 2. The van der Waals surface area contributed by atoms with Crippen molar-refractivity contribution in [2.24, 2.45) is 7.05 Å². The van der Waals surface area contributed by atoms with Gasteiger partial charge in [0.05, 0.1) is 12.3 Å². The molecule has 0 atom stereocenters. The number of hydrogen-bond donors (Lipinski definition) is 2. The largest absolute Gasteiger partial charge is 0.395 e. The Kier molecular flexibility index (Phi) is 5.65. The lowest BCUT2D eigenvalue weighted by molar-refractivity contribution is 0.294. The minimum Gasteiger partial charge on any atom is -0.395 e. The van der Waals surface area contributed by atoms with Gasteiger partial charge in [0.25, 0.3) is 0 Å². The first kappa shape index (κ1) is 16.3. The van der Waals surface area contributed by atoms with Gasteiger partial charge in [0.15, 0.2) is 0 Å². The molecule has 21 heavy (non-hydrogen) atoms. The fourth-order valence-electron chi connectivity index (χ4n) is 3.09. The Hall–Kier alpha value is -1.07. The highest BCUT2D eigenvalue weighted by molar-refractivity contribution is 5.51. The second kappa shape index (κ2) is 7.27. The third-order valence-electron chi connectivity index (χ3n) is 4.45. The van der Waals surface area contributed by atoms with E-state index in [-0.39, 0.29) is 6.61 Å². The van der Waals surface area contributed by atoms with Crippen LogP contribution >= 0.6 is 0 Å². The molecule has 2 rings (SSSR count). The zero-order valence-corrected chi connectivity index (χ0v) is 13.9. The van der Waals surface area contributed by atoms with Crippen molar-refractivity contribution in [3.63, 3.8) is 0 Å². The molecule has 2 N–H and O–H groups in total. The van der Waals surface area contributed by atoms with Crippen molar-refractivity contribution in [2.75, 3.05) is 18.1 Å². The van der Waals surface area contributed by atoms with Gasteiger partial charge in [0.2, 0.25) is 0 Å². The highest BCUT2D eigenvalue weighted by Gasteiger charge is 2.26. The zero-order chi connectivity index (χ0) is 15.4. The van der Waals surface area contributed by atoms with Gasteiger partial charge < -0.3 is 15.3 Å². The van der Waals surface area contributed by atoms with Crippen LogP contribution in [0, 0.1) is 6.92 Å². The maximum atomic E-state index is 9.47. The van der Waals surface area contributed by atoms with E-state index in [1.807, 2.05) is 11.7 Å². The summed E-state index contributed by atoms with van der Waals surface area (Å²) < 4.78 is 1.98. The molecule has 1 heterocycles. The molecule has 0 amide bonds. The fourth-order valence-corrected chi connectivity index (χ4v) is 3.09. The highest BCUT2D eigenvalue weighted by atomic mass is 16.3. The Labute approximate surface area is 128 Å². The quantitative estimate of drug-likeness (QED) is 0.731. The van der Waals surface area contributed by atoms with Crippen molar-refractivity contribution in [3.8, 4) is 0 Å². The van der Waals surface area contributed by atoms with Gasteiger partial charge >= 0.3 is 0 Å². The van der Waals surface area contributed by atoms with Gasteiger partial charge in [0.1, 0.15) is 5.82 Å². The summed E-state index contributed by atoms with van der Waals surface area (Å²) in [7, 11) is 2.01. The molecule has 0 radical (unpaired) electrons. The molecule has 1 aromatic heterocycles. The molecule has 1 aromatic rings. The number of hydrogen-bond acceptors (Lipinski definition) is 4. The third kappa shape index (κ3) is 3.77. The molecule has 5 nitrogen and oxygen atoms in total. The molecule has 1 aliphatic rings. The summed E-state index contributed by atoms with van der Waals surface area (Å²) in [4.78, 5) is 2.34. The van der Waals surface area contributed by atoms with Gasteiger partial charge in [-0.25, -0.2) is 0 Å². The van der Waals surface area contributed by atoms with E-state index in [0.29, 0.717) is 18.6 Å². The summed E-state index contributed by atoms with van der Waals surface area (Å²) in [6.07, 6.45) is 4.75. The summed E-state index contributed by atoms with van der Waals surface area (Å²) in [6.45, 7) is 8.23. The Balaban J connectivity index is 2.27. The molecule has 0 unspecified atom stereocenters. The Morgan fingerprint density at radius 1 is 1.38 bits per heavy atom. The van der Waals surface area contributed by atoms with Crippen LogP contribution < -0.4 is 10.2 Å². The third-order valence-corrected chi connectivity index (χ3v) is 4.45. The van der Waals surface area contributed by atoms with Gasteiger partial charge in [0, 0.05) is 37.8 Å². The van der Waals surface area contributed by atoms with E-state index in [1.54, 1.807) is 0 Å². The number of aromatic nitrogens is 2. The lowest BCUT2D eigenvalue weighted by Crippen LogP contribution is -2.39. The summed E-state index contributed by atoms with van der Waals surface area (Å²) in [6, 6.07) is 1.14. The molecule has 1 saturated carbocycles. The standard InChI is InChI=1S/C16H30N4O/c1-5-14(6-2)20(9-10-21)16-15(11-17-13-7-8-13)12(3)18-19(16)4/h13-14,17,21H,5-11H2,1-4H3. The van der Waals surface area contributed by atoms with E-state index in [2.05, 4.69) is 36.1 Å². The smallest absolute Gasteiger partial charge is 0.131 e. The van der Waals surface area contributed by atoms with Gasteiger partial charge in [-0.05, 0) is 32.6 Å². The molecule has 0 aromatic carbocycles. The first-order chi connectivity index (χ1) is 10.1. The first-order valence-electron chi connectivity index (χ1n) is 8.25. The highest BCUT2D eigenvalue weighted by Crippen LogP contribution is 2.28. The fraction of sp³-hybridized carbons (Fsp3) is 0.812. The maximum Gasteiger partial charge on any atom is 0.131 e. The van der Waals surface area contributed by atoms with E-state index in [0.717, 1.165) is 25.1 Å². The molecule has 0 spiro atoms. The van der Waals surface area contributed by atoms with E-state index in [1.165, 1.54) is 24.2 Å². The molecule has 0 saturated heterocycles. The number of aliphatic hydroxyl groups excluding tert-OH is 1. The van der Waals surface area contributed by atoms with Gasteiger partial charge in [-0.15, -0.1) is 0 Å². The molecular weight excluding hydrogens is 264 g/mol. The number of rotatable bonds is 9. The summed E-state index contributed by atoms with van der Waals surface area (Å²) in [5, 5.41) is 17.7. The molecule has 5 heteroatoms. The molecule has 0 bridgehead atoms. The lowest BCUT2D eigenvalue weighted by atomic mass is 10.1. The van der Waals surface area contributed by atoms with E-state index >= 15 is 0 Å². The first-order valence-corrected chi connectivity index (χ1v) is 8.25. The maximum absolute atomic E-state index is 9.47. The van der Waals surface area contributed by atoms with E-state index in [4.69, 9.17) is 0 Å². The number of nitrogens with zero attached hydrogens (tertiary/aromatic N) is 3. The average molecular weight is 294 g/mol. The molecule has 0 aliphatic heterocycles. The predicted molar refractivity (Wildman–Crippen MR) is 86.6 cm³/mol. The zero-order valence-electron chi connectivity index (χ0n) is 13.9. The van der Waals surface area contributed by atoms with Gasteiger partial charge in [-0.1, -0.05) is 13.8 Å². The van der Waals surface area contributed by atoms with E-state index < -0.39 is 0 Å². The Bertz CT molecular complexity index is 449. The van der Waals surface area contributed by atoms with Crippen LogP contribution in [-0.2, 0) is 13.6 Å². The van der Waals surface area contributed by atoms with Crippen LogP contribution in [0.25, 0.3) is 0 Å². The molecule has 1 aliphatic carbocycles. The summed E-state index contributed by atoms with van der Waals surface area (Å²) in [5.74, 6) is 1.17. The summed E-state index contributed by atoms with van der Waals surface area (Å²) >= 11 is 0. The van der Waals surface area contributed by atoms with Crippen LogP contribution in [0.2, 0.25) is 0 Å². The number of nitrogens with one attached hydrogen (secondary N) is 1. The second-order valence-electron chi connectivity index (χ2n) is 6.05. The normalized spacial score (nSPS) is 15.0. The minimum atomic E-state index is 0.177. The van der Waals surface area contributed by atoms with Crippen LogP contribution in [0.15, 0.2) is 0 Å². The predicted octanol–water partition coefficient (Wildman–Crippen LogP) is 1.97. The Morgan fingerprint density at radius 2 is 2.05 bits per heavy atom. The van der Waals surface area contributed by atoms with Gasteiger partial charge in [-0.2, -0.15) is 5.10 Å².